The largest absolute Gasteiger partial charge is 0.369 e. The minimum Gasteiger partial charge on any atom is -0.369 e. The lowest BCUT2D eigenvalue weighted by molar-refractivity contribution is -0.128. The van der Waals surface area contributed by atoms with Crippen LogP contribution in [0.1, 0.15) is 13.8 Å². The summed E-state index contributed by atoms with van der Waals surface area (Å²) in [6.45, 7) is 4.29. The topological polar surface area (TPSA) is 66.9 Å². The summed E-state index contributed by atoms with van der Waals surface area (Å²) in [7, 11) is 1.64. The zero-order valence-corrected chi connectivity index (χ0v) is 11.4. The lowest BCUT2D eigenvalue weighted by atomic mass is 9.92. The van der Waals surface area contributed by atoms with E-state index in [4.69, 9.17) is 0 Å². The number of hydrogen-bond donors (Lipinski definition) is 2. The summed E-state index contributed by atoms with van der Waals surface area (Å²) < 4.78 is 0. The highest BCUT2D eigenvalue weighted by Gasteiger charge is 2.26. The van der Waals surface area contributed by atoms with Gasteiger partial charge in [0.25, 0.3) is 0 Å². The highest BCUT2D eigenvalue weighted by atomic mass is 32.2. The van der Waals surface area contributed by atoms with E-state index in [-0.39, 0.29) is 5.91 Å². The van der Waals surface area contributed by atoms with Crippen LogP contribution in [0.2, 0.25) is 0 Å². The van der Waals surface area contributed by atoms with Crippen LogP contribution in [0.5, 0.6) is 0 Å². The van der Waals surface area contributed by atoms with Gasteiger partial charge in [-0.05, 0) is 20.1 Å². The number of amides is 1. The molecule has 0 saturated heterocycles. The number of rotatable bonds is 5. The van der Waals surface area contributed by atoms with Gasteiger partial charge in [0, 0.05) is 19.7 Å². The van der Waals surface area contributed by atoms with E-state index in [0.29, 0.717) is 6.54 Å². The van der Waals surface area contributed by atoms with Gasteiger partial charge in [0.05, 0.1) is 5.41 Å². The van der Waals surface area contributed by atoms with Gasteiger partial charge in [-0.15, -0.1) is 11.8 Å². The van der Waals surface area contributed by atoms with Crippen LogP contribution in [-0.4, -0.2) is 35.7 Å². The molecular formula is C11H18N4OS. The maximum Gasteiger partial charge on any atom is 0.227 e. The average molecular weight is 254 g/mol. The molecule has 0 saturated carbocycles. The van der Waals surface area contributed by atoms with Crippen molar-refractivity contribution in [2.75, 3.05) is 25.2 Å². The number of nitrogens with zero attached hydrogens (tertiary/aromatic N) is 2. The van der Waals surface area contributed by atoms with E-state index in [9.17, 15) is 4.79 Å². The Kier molecular flexibility index (Phi) is 4.74. The second-order valence-electron chi connectivity index (χ2n) is 4.26. The van der Waals surface area contributed by atoms with Crippen molar-refractivity contribution < 1.29 is 4.79 Å². The third-order valence-corrected chi connectivity index (χ3v) is 3.05. The predicted octanol–water partition coefficient (Wildman–Crippen LogP) is 1.38. The van der Waals surface area contributed by atoms with Crippen LogP contribution >= 0.6 is 11.8 Å². The van der Waals surface area contributed by atoms with E-state index >= 15 is 0 Å². The molecule has 0 radical (unpaired) electrons. The van der Waals surface area contributed by atoms with Gasteiger partial charge in [0.15, 0.2) is 0 Å². The van der Waals surface area contributed by atoms with Crippen LogP contribution < -0.4 is 10.6 Å². The van der Waals surface area contributed by atoms with Crippen molar-refractivity contribution in [2.45, 2.75) is 18.9 Å². The van der Waals surface area contributed by atoms with Crippen molar-refractivity contribution in [2.24, 2.45) is 5.41 Å². The Morgan fingerprint density at radius 2 is 2.18 bits per heavy atom. The molecule has 0 fully saturated rings. The van der Waals surface area contributed by atoms with Gasteiger partial charge in [-0.2, -0.15) is 0 Å². The molecule has 1 rings (SSSR count). The fourth-order valence-electron chi connectivity index (χ4n) is 1.28. The summed E-state index contributed by atoms with van der Waals surface area (Å²) in [5, 5.41) is 6.70. The summed E-state index contributed by atoms with van der Waals surface area (Å²) in [5.41, 5.74) is -0.473. The summed E-state index contributed by atoms with van der Waals surface area (Å²) in [5.74, 6) is 0.741. The Balaban J connectivity index is 2.63. The third kappa shape index (κ3) is 3.89. The van der Waals surface area contributed by atoms with Gasteiger partial charge in [-0.25, -0.2) is 9.97 Å². The molecule has 1 amide bonds. The molecule has 0 aliphatic carbocycles. The summed E-state index contributed by atoms with van der Waals surface area (Å²) in [4.78, 5) is 19.8. The van der Waals surface area contributed by atoms with Crippen molar-refractivity contribution in [1.29, 1.82) is 0 Å². The fraction of sp³-hybridized carbons (Fsp3) is 0.545. The number of nitrogens with one attached hydrogen (secondary N) is 2. The first-order valence-corrected chi connectivity index (χ1v) is 6.54. The number of carbonyl (C=O) groups excluding carboxylic acids is 1. The van der Waals surface area contributed by atoms with Crippen LogP contribution in [0.15, 0.2) is 17.4 Å². The number of aromatic nitrogens is 2. The second-order valence-corrected chi connectivity index (χ2v) is 5.09. The quantitative estimate of drug-likeness (QED) is 0.614. The monoisotopic (exact) mass is 254 g/mol. The van der Waals surface area contributed by atoms with Crippen molar-refractivity contribution >= 4 is 23.5 Å². The summed E-state index contributed by atoms with van der Waals surface area (Å²) in [6, 6.07) is 1.87. The van der Waals surface area contributed by atoms with Crippen molar-refractivity contribution in [1.82, 2.24) is 15.3 Å². The molecule has 94 valence electrons. The fourth-order valence-corrected chi connectivity index (χ4v) is 1.66. The Morgan fingerprint density at radius 3 is 2.76 bits per heavy atom. The molecule has 0 atom stereocenters. The molecular weight excluding hydrogens is 236 g/mol. The molecule has 0 aromatic carbocycles. The third-order valence-electron chi connectivity index (χ3n) is 2.40. The minimum absolute atomic E-state index is 0.00384. The predicted molar refractivity (Wildman–Crippen MR) is 70.2 cm³/mol. The van der Waals surface area contributed by atoms with E-state index in [1.54, 1.807) is 18.8 Å². The lowest BCUT2D eigenvalue weighted by Crippen LogP contribution is -2.39. The highest BCUT2D eigenvalue weighted by molar-refractivity contribution is 7.98. The van der Waals surface area contributed by atoms with E-state index < -0.39 is 5.41 Å². The molecule has 0 aliphatic heterocycles. The number of hydrogen-bond acceptors (Lipinski definition) is 5. The highest BCUT2D eigenvalue weighted by Crippen LogP contribution is 2.18. The Morgan fingerprint density at radius 1 is 1.47 bits per heavy atom. The van der Waals surface area contributed by atoms with Gasteiger partial charge < -0.3 is 10.6 Å². The summed E-state index contributed by atoms with van der Waals surface area (Å²) in [6.07, 6.45) is 3.47. The summed E-state index contributed by atoms with van der Waals surface area (Å²) >= 11 is 1.56. The van der Waals surface area contributed by atoms with Crippen LogP contribution in [0, 0.1) is 5.41 Å². The number of anilines is 1. The van der Waals surface area contributed by atoms with Gasteiger partial charge in [-0.1, -0.05) is 0 Å². The van der Waals surface area contributed by atoms with Gasteiger partial charge >= 0.3 is 0 Å². The first-order valence-electron chi connectivity index (χ1n) is 5.31. The molecule has 1 aromatic heterocycles. The first-order chi connectivity index (χ1) is 7.99. The molecule has 0 unspecified atom stereocenters. The van der Waals surface area contributed by atoms with E-state index in [2.05, 4.69) is 20.6 Å². The SMILES string of the molecule is CNC(=O)C(C)(C)CNc1cc(SC)ncn1. The molecule has 2 N–H and O–H groups in total. The van der Waals surface area contributed by atoms with Crippen LogP contribution in [0.3, 0.4) is 0 Å². The zero-order valence-electron chi connectivity index (χ0n) is 10.6. The standard InChI is InChI=1S/C11H18N4OS/c1-11(2,10(16)12-3)6-13-8-5-9(17-4)15-7-14-8/h5,7H,6H2,1-4H3,(H,12,16)(H,13,14,15). The molecule has 6 heteroatoms. The van der Waals surface area contributed by atoms with Crippen molar-refractivity contribution in [3.63, 3.8) is 0 Å². The molecule has 17 heavy (non-hydrogen) atoms. The molecule has 0 aliphatic rings. The maximum atomic E-state index is 11.6. The van der Waals surface area contributed by atoms with Crippen LogP contribution in [0.4, 0.5) is 5.82 Å². The van der Waals surface area contributed by atoms with Gasteiger partial charge in [0.1, 0.15) is 17.2 Å². The first kappa shape index (κ1) is 13.8. The number of carbonyl (C=O) groups is 1. The van der Waals surface area contributed by atoms with Gasteiger partial charge in [0.2, 0.25) is 5.91 Å². The zero-order chi connectivity index (χ0) is 12.9. The van der Waals surface area contributed by atoms with E-state index in [1.165, 1.54) is 6.33 Å². The Labute approximate surface area is 106 Å². The number of thioether (sulfide) groups is 1. The molecule has 0 bridgehead atoms. The van der Waals surface area contributed by atoms with Gasteiger partial charge in [-0.3, -0.25) is 4.79 Å². The average Bonchev–Trinajstić information content (AvgIpc) is 2.35. The minimum atomic E-state index is -0.473. The van der Waals surface area contributed by atoms with E-state index in [1.807, 2.05) is 26.2 Å². The van der Waals surface area contributed by atoms with Crippen molar-refractivity contribution in [3.8, 4) is 0 Å². The normalized spacial score (nSPS) is 11.1. The molecule has 1 aromatic rings. The lowest BCUT2D eigenvalue weighted by Gasteiger charge is -2.23. The van der Waals surface area contributed by atoms with Crippen LogP contribution in [-0.2, 0) is 4.79 Å². The molecule has 0 spiro atoms. The molecule has 5 nitrogen and oxygen atoms in total. The van der Waals surface area contributed by atoms with E-state index in [0.717, 1.165) is 10.8 Å². The second kappa shape index (κ2) is 5.86. The van der Waals surface area contributed by atoms with Crippen molar-refractivity contribution in [3.05, 3.63) is 12.4 Å². The maximum absolute atomic E-state index is 11.6. The Bertz CT molecular complexity index is 395. The smallest absolute Gasteiger partial charge is 0.227 e. The van der Waals surface area contributed by atoms with Crippen LogP contribution in [0.25, 0.3) is 0 Å². The Hall–Kier alpha value is -1.30. The molecule has 1 heterocycles.